The van der Waals surface area contributed by atoms with Gasteiger partial charge in [0.2, 0.25) is 0 Å². The van der Waals surface area contributed by atoms with Gasteiger partial charge in [-0.25, -0.2) is 9.59 Å². The van der Waals surface area contributed by atoms with E-state index in [0.29, 0.717) is 6.42 Å². The summed E-state index contributed by atoms with van der Waals surface area (Å²) in [6.07, 6.45) is 7.38. The van der Waals surface area contributed by atoms with E-state index in [1.807, 2.05) is 0 Å². The molecule has 0 aliphatic rings. The molecule has 0 saturated heterocycles. The summed E-state index contributed by atoms with van der Waals surface area (Å²) >= 11 is 0. The Balaban J connectivity index is -0.000000918. The van der Waals surface area contributed by atoms with Crippen LogP contribution in [0.2, 0.25) is 0 Å². The number of hydrogen-bond donors (Lipinski definition) is 5. The number of unbranched alkanes of at least 4 members (excludes halogenated alkanes) is 9. The number of carbonyl (C=O) groups is 2. The second-order valence-corrected chi connectivity index (χ2v) is 6.92. The van der Waals surface area contributed by atoms with Crippen LogP contribution in [0.25, 0.3) is 0 Å². The number of aliphatic hydroxyl groups excluding tert-OH is 2. The molecule has 10 nitrogen and oxygen atoms in total. The van der Waals surface area contributed by atoms with E-state index in [2.05, 4.69) is 6.92 Å². The number of esters is 1. The molecule has 5 N–H and O–H groups in total. The van der Waals surface area contributed by atoms with Crippen LogP contribution in [0.5, 0.6) is 0 Å². The molecule has 0 radical (unpaired) electrons. The van der Waals surface area contributed by atoms with Crippen LogP contribution in [0, 0.1) is 0 Å². The third-order valence-electron chi connectivity index (χ3n) is 3.54. The number of hydrogen-bond acceptors (Lipinski definition) is 7. The quantitative estimate of drug-likeness (QED) is 0.113. The fraction of sp³-hybridized carbons (Fsp3) is 0.875. The molecule has 0 heterocycles. The molecule has 0 fully saturated rings. The fourth-order valence-corrected chi connectivity index (χ4v) is 2.11. The molecule has 0 spiro atoms. The first-order valence-electron chi connectivity index (χ1n) is 8.96. The predicted octanol–water partition coefficient (Wildman–Crippen LogP) is 0.956. The summed E-state index contributed by atoms with van der Waals surface area (Å²) in [6, 6.07) is 0. The number of carboxylic acids is 1. The van der Waals surface area contributed by atoms with Gasteiger partial charge in [0, 0.05) is 0 Å². The van der Waals surface area contributed by atoms with E-state index in [1.165, 1.54) is 44.9 Å². The first-order valence-corrected chi connectivity index (χ1v) is 10.4. The summed E-state index contributed by atoms with van der Waals surface area (Å²) in [5.74, 6) is -2.74. The maximum absolute atomic E-state index is 11.3. The summed E-state index contributed by atoms with van der Waals surface area (Å²) in [4.78, 5) is 21.6. The molecule has 0 aromatic rings. The molecular formula is C16H33NaO10S. The van der Waals surface area contributed by atoms with Gasteiger partial charge < -0.3 is 20.1 Å². The SMILES string of the molecule is CCCCCCCCCCCCOC(=O)C(O)C(O)C(=O)O.O=S(=O)(O)O.[NaH]. The van der Waals surface area contributed by atoms with Gasteiger partial charge in [-0.3, -0.25) is 9.11 Å². The summed E-state index contributed by atoms with van der Waals surface area (Å²) < 4.78 is 36.3. The van der Waals surface area contributed by atoms with Crippen molar-refractivity contribution in [2.45, 2.75) is 83.3 Å². The van der Waals surface area contributed by atoms with E-state index in [-0.39, 0.29) is 36.2 Å². The van der Waals surface area contributed by atoms with Crippen LogP contribution in [0.15, 0.2) is 0 Å². The summed E-state index contributed by atoms with van der Waals surface area (Å²) in [5, 5.41) is 26.6. The summed E-state index contributed by atoms with van der Waals surface area (Å²) in [7, 11) is -4.67. The number of aliphatic hydroxyl groups is 2. The van der Waals surface area contributed by atoms with Crippen LogP contribution in [-0.4, -0.2) is 93.2 Å². The van der Waals surface area contributed by atoms with Gasteiger partial charge in [0.1, 0.15) is 0 Å². The molecule has 0 amide bonds. The number of aliphatic carboxylic acids is 1. The zero-order valence-electron chi connectivity index (χ0n) is 15.6. The van der Waals surface area contributed by atoms with Gasteiger partial charge in [0.05, 0.1) is 6.61 Å². The number of ether oxygens (including phenoxy) is 1. The van der Waals surface area contributed by atoms with Gasteiger partial charge in [-0.1, -0.05) is 64.7 Å². The molecule has 2 unspecified atom stereocenters. The van der Waals surface area contributed by atoms with Gasteiger partial charge >= 0.3 is 51.9 Å². The Kier molecular flexibility index (Phi) is 23.2. The van der Waals surface area contributed by atoms with Crippen molar-refractivity contribution in [3.8, 4) is 0 Å². The molecule has 164 valence electrons. The zero-order chi connectivity index (χ0) is 21.3. The minimum atomic E-state index is -4.67. The number of carbonyl (C=O) groups excluding carboxylic acids is 1. The van der Waals surface area contributed by atoms with Crippen molar-refractivity contribution in [3.05, 3.63) is 0 Å². The minimum absolute atomic E-state index is 0. The first-order chi connectivity index (χ1) is 12.5. The average Bonchev–Trinajstić information content (AvgIpc) is 2.56. The molecule has 2 atom stereocenters. The molecule has 0 aromatic heterocycles. The summed E-state index contributed by atoms with van der Waals surface area (Å²) in [6.45, 7) is 2.34. The topological polar surface area (TPSA) is 179 Å². The zero-order valence-corrected chi connectivity index (χ0v) is 16.4. The molecule has 28 heavy (non-hydrogen) atoms. The predicted molar refractivity (Wildman–Crippen MR) is 104 cm³/mol. The van der Waals surface area contributed by atoms with E-state index in [4.69, 9.17) is 32.5 Å². The van der Waals surface area contributed by atoms with Gasteiger partial charge in [-0.05, 0) is 6.42 Å². The Labute approximate surface area is 188 Å². The van der Waals surface area contributed by atoms with Crippen molar-refractivity contribution in [2.24, 2.45) is 0 Å². The van der Waals surface area contributed by atoms with Crippen LogP contribution in [-0.2, 0) is 24.7 Å². The molecule has 12 heteroatoms. The van der Waals surface area contributed by atoms with Gasteiger partial charge in [0.15, 0.2) is 12.2 Å². The van der Waals surface area contributed by atoms with Gasteiger partial charge in [0.25, 0.3) is 0 Å². The van der Waals surface area contributed by atoms with Crippen molar-refractivity contribution < 1.29 is 47.2 Å². The van der Waals surface area contributed by atoms with Crippen molar-refractivity contribution in [1.29, 1.82) is 0 Å². The van der Waals surface area contributed by atoms with Crippen molar-refractivity contribution in [2.75, 3.05) is 6.61 Å². The molecule has 0 aliphatic heterocycles. The fourth-order valence-electron chi connectivity index (χ4n) is 2.11. The number of rotatable bonds is 14. The Bertz CT molecular complexity index is 490. The Hall–Kier alpha value is -0.270. The first kappa shape index (κ1) is 32.4. The van der Waals surface area contributed by atoms with E-state index >= 15 is 0 Å². The van der Waals surface area contributed by atoms with Crippen LogP contribution in [0.3, 0.4) is 0 Å². The Morgan fingerprint density at radius 2 is 1.18 bits per heavy atom. The van der Waals surface area contributed by atoms with Crippen molar-refractivity contribution >= 4 is 51.9 Å². The van der Waals surface area contributed by atoms with E-state index in [9.17, 15) is 14.7 Å². The van der Waals surface area contributed by atoms with Crippen LogP contribution >= 0.6 is 0 Å². The molecule has 0 rings (SSSR count). The van der Waals surface area contributed by atoms with Crippen LogP contribution < -0.4 is 0 Å². The molecule has 0 saturated carbocycles. The Morgan fingerprint density at radius 1 is 0.821 bits per heavy atom. The van der Waals surface area contributed by atoms with Gasteiger partial charge in [-0.15, -0.1) is 0 Å². The van der Waals surface area contributed by atoms with Crippen LogP contribution in [0.1, 0.15) is 71.1 Å². The Morgan fingerprint density at radius 3 is 1.54 bits per heavy atom. The van der Waals surface area contributed by atoms with Crippen molar-refractivity contribution in [1.82, 2.24) is 0 Å². The number of carboxylic acid groups (broad SMARTS) is 1. The van der Waals surface area contributed by atoms with Gasteiger partial charge in [-0.2, -0.15) is 8.42 Å². The van der Waals surface area contributed by atoms with E-state index in [0.717, 1.165) is 12.8 Å². The maximum atomic E-state index is 11.3. The monoisotopic (exact) mass is 440 g/mol. The van der Waals surface area contributed by atoms with E-state index in [1.54, 1.807) is 0 Å². The molecule has 0 aliphatic carbocycles. The average molecular weight is 440 g/mol. The van der Waals surface area contributed by atoms with E-state index < -0.39 is 34.5 Å². The van der Waals surface area contributed by atoms with Crippen LogP contribution in [0.4, 0.5) is 0 Å². The second kappa shape index (κ2) is 20.0. The molecule has 0 aromatic carbocycles. The van der Waals surface area contributed by atoms with Crippen molar-refractivity contribution in [3.63, 3.8) is 0 Å². The third kappa shape index (κ3) is 25.7. The molecular weight excluding hydrogens is 407 g/mol. The second-order valence-electron chi connectivity index (χ2n) is 6.03. The normalized spacial score (nSPS) is 12.8. The summed E-state index contributed by atoms with van der Waals surface area (Å²) in [5.41, 5.74) is 0. The standard InChI is InChI=1S/C16H30O6.Na.H2O4S.H/c1-2-3-4-5-6-7-8-9-10-11-12-22-16(21)14(18)13(17)15(19)20;;1-5(2,3)4;/h13-14,17-18H,2-12H2,1H3,(H,19,20);;(H2,1,2,3,4);. The third-order valence-corrected chi connectivity index (χ3v) is 3.54. The molecule has 0 bridgehead atoms.